The summed E-state index contributed by atoms with van der Waals surface area (Å²) in [5.74, 6) is 2.04. The first-order chi connectivity index (χ1) is 16.6. The summed E-state index contributed by atoms with van der Waals surface area (Å²) in [7, 11) is 3.38. The molecule has 0 saturated heterocycles. The number of amides is 1. The predicted molar refractivity (Wildman–Crippen MR) is 123 cm³/mol. The first-order valence-corrected chi connectivity index (χ1v) is 11.4. The van der Waals surface area contributed by atoms with Crippen LogP contribution in [-0.2, 0) is 15.7 Å². The Morgan fingerprint density at radius 1 is 1.26 bits per heavy atom. The zero-order valence-corrected chi connectivity index (χ0v) is 20.0. The van der Waals surface area contributed by atoms with Crippen LogP contribution in [0.25, 0.3) is 0 Å². The highest BCUT2D eigenvalue weighted by atomic mass is 19.4. The number of pyridine rings is 1. The third kappa shape index (κ3) is 5.42. The number of likely N-dealkylation sites (N-methyl/N-ethyl adjacent to an activating group) is 1. The van der Waals surface area contributed by atoms with E-state index in [-0.39, 0.29) is 12.0 Å². The molecule has 9 nitrogen and oxygen atoms in total. The molecule has 1 amide bonds. The molecule has 35 heavy (non-hydrogen) atoms. The molecule has 2 N–H and O–H groups in total. The number of hydrogen-bond acceptors (Lipinski definition) is 8. The maximum absolute atomic E-state index is 12.6. The smallest absolute Gasteiger partial charge is 0.433 e. The van der Waals surface area contributed by atoms with Gasteiger partial charge in [-0.2, -0.15) is 18.2 Å². The van der Waals surface area contributed by atoms with Crippen LogP contribution in [0, 0.1) is 18.8 Å². The fourth-order valence-electron chi connectivity index (χ4n) is 4.46. The van der Waals surface area contributed by atoms with Gasteiger partial charge in [-0.3, -0.25) is 4.79 Å². The number of nitrogens with zero attached hydrogens (tertiary/aromatic N) is 4. The van der Waals surface area contributed by atoms with E-state index < -0.39 is 17.9 Å². The van der Waals surface area contributed by atoms with E-state index in [1.54, 1.807) is 7.11 Å². The van der Waals surface area contributed by atoms with Gasteiger partial charge in [0.15, 0.2) is 5.82 Å². The maximum Gasteiger partial charge on any atom is 0.433 e. The van der Waals surface area contributed by atoms with Crippen molar-refractivity contribution in [3.05, 3.63) is 29.7 Å². The quantitative estimate of drug-likeness (QED) is 0.575. The van der Waals surface area contributed by atoms with Crippen molar-refractivity contribution in [2.75, 3.05) is 42.8 Å². The van der Waals surface area contributed by atoms with E-state index in [4.69, 9.17) is 9.47 Å². The van der Waals surface area contributed by atoms with Crippen LogP contribution >= 0.6 is 0 Å². The Morgan fingerprint density at radius 2 is 2.00 bits per heavy atom. The molecule has 0 aromatic carbocycles. The second kappa shape index (κ2) is 9.84. The molecule has 1 saturated carbocycles. The highest BCUT2D eigenvalue weighted by Crippen LogP contribution is 2.36. The lowest BCUT2D eigenvalue weighted by Crippen LogP contribution is -2.53. The molecule has 0 radical (unpaired) electrons. The van der Waals surface area contributed by atoms with Gasteiger partial charge in [-0.25, -0.2) is 9.97 Å². The standard InChI is InChI=1S/C23H29F3N6O3/c1-12-18-20(32(3)19(13(2)34-4)21(33)30-18)31-22(29-12)28-9-14-7-15(8-14)11-35-16-5-6-17(27-10-16)23(24,25)26/h5-6,10,13-15,19H,7-9,11H2,1-4H3,(H,30,33)(H,28,29,31)/t13-,14?,15?,19+/m1/s1. The number of fused-ring (bicyclic) bond motifs is 1. The lowest BCUT2D eigenvalue weighted by Gasteiger charge is -2.37. The second-order valence-corrected chi connectivity index (χ2v) is 9.09. The van der Waals surface area contributed by atoms with Crippen molar-refractivity contribution in [1.29, 1.82) is 0 Å². The zero-order valence-electron chi connectivity index (χ0n) is 20.0. The number of carbonyl (C=O) groups is 1. The van der Waals surface area contributed by atoms with E-state index in [1.807, 2.05) is 25.8 Å². The van der Waals surface area contributed by atoms with Gasteiger partial charge in [-0.05, 0) is 50.7 Å². The summed E-state index contributed by atoms with van der Waals surface area (Å²) in [4.78, 5) is 26.9. The van der Waals surface area contributed by atoms with Crippen LogP contribution in [-0.4, -0.2) is 60.3 Å². The molecule has 4 rings (SSSR count). The van der Waals surface area contributed by atoms with Crippen LogP contribution < -0.4 is 20.3 Å². The molecule has 0 spiro atoms. The number of halogens is 3. The zero-order chi connectivity index (χ0) is 25.3. The maximum atomic E-state index is 12.6. The van der Waals surface area contributed by atoms with E-state index in [0.717, 1.165) is 25.1 Å². The number of methoxy groups -OCH3 is 1. The Hall–Kier alpha value is -3.15. The molecule has 1 aliphatic heterocycles. The highest BCUT2D eigenvalue weighted by Gasteiger charge is 2.37. The monoisotopic (exact) mass is 494 g/mol. The Morgan fingerprint density at radius 3 is 2.63 bits per heavy atom. The second-order valence-electron chi connectivity index (χ2n) is 9.09. The van der Waals surface area contributed by atoms with Crippen molar-refractivity contribution in [1.82, 2.24) is 15.0 Å². The number of alkyl halides is 3. The summed E-state index contributed by atoms with van der Waals surface area (Å²) in [6.45, 7) is 4.78. The Balaban J connectivity index is 1.27. The lowest BCUT2D eigenvalue weighted by atomic mass is 9.75. The van der Waals surface area contributed by atoms with Gasteiger partial charge >= 0.3 is 6.18 Å². The molecule has 12 heteroatoms. The largest absolute Gasteiger partial charge is 0.492 e. The number of anilines is 3. The van der Waals surface area contributed by atoms with Crippen LogP contribution in [0.1, 0.15) is 31.2 Å². The molecular weight excluding hydrogens is 465 g/mol. The van der Waals surface area contributed by atoms with Crippen molar-refractivity contribution in [3.63, 3.8) is 0 Å². The van der Waals surface area contributed by atoms with Crippen molar-refractivity contribution in [2.24, 2.45) is 11.8 Å². The Kier molecular flexibility index (Phi) is 7.02. The fourth-order valence-corrected chi connectivity index (χ4v) is 4.46. The molecule has 2 atom stereocenters. The molecule has 2 aliphatic rings. The van der Waals surface area contributed by atoms with E-state index in [1.165, 1.54) is 6.07 Å². The van der Waals surface area contributed by atoms with Crippen LogP contribution in [0.2, 0.25) is 0 Å². The summed E-state index contributed by atoms with van der Waals surface area (Å²) in [5.41, 5.74) is 0.337. The SMILES string of the molecule is CO[C@H](C)[C@H]1C(=O)Nc2c(C)nc(NCC3CC(COc4ccc(C(F)(F)F)nc4)C3)nc2N1C. The molecule has 0 bridgehead atoms. The van der Waals surface area contributed by atoms with E-state index in [9.17, 15) is 18.0 Å². The number of nitrogens with one attached hydrogen (secondary N) is 2. The molecule has 2 aromatic rings. The van der Waals surface area contributed by atoms with Gasteiger partial charge in [0.2, 0.25) is 11.9 Å². The first kappa shape index (κ1) is 25.0. The summed E-state index contributed by atoms with van der Waals surface area (Å²) in [5, 5.41) is 6.19. The first-order valence-electron chi connectivity index (χ1n) is 11.4. The molecule has 190 valence electrons. The van der Waals surface area contributed by atoms with Crippen LogP contribution in [0.4, 0.5) is 30.6 Å². The number of aromatic nitrogens is 3. The van der Waals surface area contributed by atoms with Gasteiger partial charge in [0.05, 0.1) is 24.6 Å². The third-order valence-electron chi connectivity index (χ3n) is 6.55. The van der Waals surface area contributed by atoms with E-state index in [0.29, 0.717) is 53.9 Å². The van der Waals surface area contributed by atoms with Gasteiger partial charge in [0.25, 0.3) is 0 Å². The van der Waals surface area contributed by atoms with Gasteiger partial charge in [0, 0.05) is 20.7 Å². The van der Waals surface area contributed by atoms with Crippen molar-refractivity contribution >= 4 is 23.4 Å². The van der Waals surface area contributed by atoms with Crippen molar-refractivity contribution < 1.29 is 27.4 Å². The molecule has 3 heterocycles. The Bertz CT molecular complexity index is 1060. The lowest BCUT2D eigenvalue weighted by molar-refractivity contribution is -0.141. The number of carbonyl (C=O) groups excluding carboxylic acids is 1. The average Bonchev–Trinajstić information content (AvgIpc) is 2.78. The van der Waals surface area contributed by atoms with Gasteiger partial charge in [-0.15, -0.1) is 0 Å². The van der Waals surface area contributed by atoms with E-state index >= 15 is 0 Å². The van der Waals surface area contributed by atoms with Crippen LogP contribution in [0.15, 0.2) is 18.3 Å². The topological polar surface area (TPSA) is 102 Å². The number of rotatable bonds is 8. The average molecular weight is 495 g/mol. The molecule has 2 aromatic heterocycles. The summed E-state index contributed by atoms with van der Waals surface area (Å²) >= 11 is 0. The van der Waals surface area contributed by atoms with Crippen molar-refractivity contribution in [3.8, 4) is 5.75 Å². The van der Waals surface area contributed by atoms with Crippen LogP contribution in [0.3, 0.4) is 0 Å². The predicted octanol–water partition coefficient (Wildman–Crippen LogP) is 3.51. The third-order valence-corrected chi connectivity index (χ3v) is 6.55. The molecular formula is C23H29F3N6O3. The molecule has 1 aliphatic carbocycles. The summed E-state index contributed by atoms with van der Waals surface area (Å²) < 4.78 is 48.8. The van der Waals surface area contributed by atoms with Crippen molar-refractivity contribution in [2.45, 2.75) is 45.0 Å². The normalized spacial score (nSPS) is 22.7. The van der Waals surface area contributed by atoms with Gasteiger partial charge < -0.3 is 25.0 Å². The van der Waals surface area contributed by atoms with Gasteiger partial charge in [0.1, 0.15) is 23.2 Å². The van der Waals surface area contributed by atoms with Gasteiger partial charge in [-0.1, -0.05) is 0 Å². The van der Waals surface area contributed by atoms with E-state index in [2.05, 4.69) is 25.6 Å². The Labute approximate surface area is 201 Å². The minimum atomic E-state index is -4.46. The summed E-state index contributed by atoms with van der Waals surface area (Å²) in [6.07, 6.45) is -1.82. The minimum absolute atomic E-state index is 0.156. The fraction of sp³-hybridized carbons (Fsp3) is 0.565. The summed E-state index contributed by atoms with van der Waals surface area (Å²) in [6, 6.07) is 1.72. The molecule has 0 unspecified atom stereocenters. The number of aryl methyl sites for hydroxylation is 1. The minimum Gasteiger partial charge on any atom is -0.492 e. The number of hydrogen-bond donors (Lipinski definition) is 2. The highest BCUT2D eigenvalue weighted by molar-refractivity contribution is 6.03. The van der Waals surface area contributed by atoms with Crippen LogP contribution in [0.5, 0.6) is 5.75 Å². The number of ether oxygens (including phenoxy) is 2. The molecule has 1 fully saturated rings.